The average Bonchev–Trinajstić information content (AvgIpc) is 1.99. The summed E-state index contributed by atoms with van der Waals surface area (Å²) in [6, 6.07) is 2.51. The summed E-state index contributed by atoms with van der Waals surface area (Å²) in [5.41, 5.74) is 5.13. The van der Waals surface area contributed by atoms with Crippen LogP contribution in [0, 0.1) is 11.3 Å². The summed E-state index contributed by atoms with van der Waals surface area (Å²) in [6.07, 6.45) is -4.84. The maximum absolute atomic E-state index is 11.8. The van der Waals surface area contributed by atoms with Crippen molar-refractivity contribution in [2.45, 2.75) is 6.36 Å². The predicted octanol–water partition coefficient (Wildman–Crippen LogP) is 2.20. The molecule has 2 N–H and O–H groups in total. The number of pyridine rings is 1. The molecule has 0 aliphatic carbocycles. The largest absolute Gasteiger partial charge is 0.574 e. The van der Waals surface area contributed by atoms with Crippen molar-refractivity contribution in [2.24, 2.45) is 0 Å². The highest BCUT2D eigenvalue weighted by molar-refractivity contribution is 9.10. The van der Waals surface area contributed by atoms with Gasteiger partial charge in [-0.1, -0.05) is 0 Å². The Hall–Kier alpha value is -1.49. The van der Waals surface area contributed by atoms with Crippen LogP contribution in [0.15, 0.2) is 10.7 Å². The molecule has 1 aromatic heterocycles. The van der Waals surface area contributed by atoms with Gasteiger partial charge in [0.25, 0.3) is 0 Å². The normalized spacial score (nSPS) is 10.9. The molecule has 0 aliphatic heterocycles. The number of ether oxygens (including phenoxy) is 1. The van der Waals surface area contributed by atoms with Gasteiger partial charge in [0.1, 0.15) is 16.2 Å². The number of hydrogen-bond donors (Lipinski definition) is 1. The SMILES string of the molecule is N#Cc1c(N)cc(OC(F)(F)F)nc1Br. The molecule has 0 aliphatic rings. The van der Waals surface area contributed by atoms with E-state index in [1.807, 2.05) is 0 Å². The highest BCUT2D eigenvalue weighted by Gasteiger charge is 2.32. The van der Waals surface area contributed by atoms with Crippen molar-refractivity contribution in [3.05, 3.63) is 16.2 Å². The standard InChI is InChI=1S/C7H3BrF3N3O/c8-6-3(2-12)4(13)1-5(14-6)15-7(9,10)11/h1H,(H2,13,14). The predicted molar refractivity (Wildman–Crippen MR) is 47.7 cm³/mol. The lowest BCUT2D eigenvalue weighted by atomic mass is 10.2. The summed E-state index contributed by atoms with van der Waals surface area (Å²) in [6.45, 7) is 0. The molecule has 0 aromatic carbocycles. The van der Waals surface area contributed by atoms with E-state index < -0.39 is 12.2 Å². The van der Waals surface area contributed by atoms with Gasteiger partial charge in [-0.15, -0.1) is 13.2 Å². The molecule has 0 atom stereocenters. The van der Waals surface area contributed by atoms with Crippen molar-refractivity contribution in [3.63, 3.8) is 0 Å². The lowest BCUT2D eigenvalue weighted by Gasteiger charge is -2.09. The molecule has 0 fully saturated rings. The smallest absolute Gasteiger partial charge is 0.397 e. The fraction of sp³-hybridized carbons (Fsp3) is 0.143. The zero-order valence-corrected chi connectivity index (χ0v) is 8.56. The van der Waals surface area contributed by atoms with Gasteiger partial charge in [0.2, 0.25) is 5.88 Å². The minimum absolute atomic E-state index is 0.0375. The van der Waals surface area contributed by atoms with Gasteiger partial charge in [0.05, 0.1) is 5.69 Å². The molecule has 0 bridgehead atoms. The molecule has 0 saturated carbocycles. The van der Waals surface area contributed by atoms with Crippen LogP contribution in [-0.2, 0) is 0 Å². The summed E-state index contributed by atoms with van der Waals surface area (Å²) >= 11 is 2.80. The molecule has 0 spiro atoms. The first-order valence-electron chi connectivity index (χ1n) is 3.45. The number of nitrogens with zero attached hydrogens (tertiary/aromatic N) is 2. The third-order valence-corrected chi connectivity index (χ3v) is 1.89. The average molecular weight is 282 g/mol. The minimum atomic E-state index is -4.84. The molecule has 0 radical (unpaired) electrons. The second kappa shape index (κ2) is 3.94. The quantitative estimate of drug-likeness (QED) is 0.801. The van der Waals surface area contributed by atoms with Crippen molar-refractivity contribution >= 4 is 21.6 Å². The van der Waals surface area contributed by atoms with E-state index in [2.05, 4.69) is 25.7 Å². The van der Waals surface area contributed by atoms with Crippen LogP contribution in [0.3, 0.4) is 0 Å². The van der Waals surface area contributed by atoms with E-state index in [1.165, 1.54) is 0 Å². The Morgan fingerprint density at radius 3 is 2.53 bits per heavy atom. The second-order valence-electron chi connectivity index (χ2n) is 2.38. The highest BCUT2D eigenvalue weighted by Crippen LogP contribution is 2.28. The van der Waals surface area contributed by atoms with Crippen molar-refractivity contribution in [1.82, 2.24) is 4.98 Å². The van der Waals surface area contributed by atoms with Crippen LogP contribution in [0.5, 0.6) is 5.88 Å². The van der Waals surface area contributed by atoms with E-state index in [0.717, 1.165) is 6.07 Å². The number of aromatic nitrogens is 1. The Kier molecular flexibility index (Phi) is 3.04. The number of nitriles is 1. The third kappa shape index (κ3) is 2.99. The molecule has 0 amide bonds. The van der Waals surface area contributed by atoms with Crippen molar-refractivity contribution in [2.75, 3.05) is 5.73 Å². The second-order valence-corrected chi connectivity index (χ2v) is 3.13. The van der Waals surface area contributed by atoms with E-state index in [-0.39, 0.29) is 15.9 Å². The Bertz CT molecular complexity index is 403. The first kappa shape index (κ1) is 11.6. The van der Waals surface area contributed by atoms with Crippen LogP contribution in [0.4, 0.5) is 18.9 Å². The molecule has 15 heavy (non-hydrogen) atoms. The number of hydrogen-bond acceptors (Lipinski definition) is 4. The van der Waals surface area contributed by atoms with E-state index >= 15 is 0 Å². The van der Waals surface area contributed by atoms with E-state index in [4.69, 9.17) is 11.0 Å². The van der Waals surface area contributed by atoms with Gasteiger partial charge >= 0.3 is 6.36 Å². The van der Waals surface area contributed by atoms with Gasteiger partial charge in [0, 0.05) is 6.07 Å². The van der Waals surface area contributed by atoms with E-state index in [9.17, 15) is 13.2 Å². The minimum Gasteiger partial charge on any atom is -0.397 e. The molecule has 80 valence electrons. The van der Waals surface area contributed by atoms with E-state index in [0.29, 0.717) is 0 Å². The number of anilines is 1. The number of halogens is 4. The maximum Gasteiger partial charge on any atom is 0.574 e. The zero-order chi connectivity index (χ0) is 11.6. The molecule has 1 aromatic rings. The van der Waals surface area contributed by atoms with Gasteiger partial charge < -0.3 is 10.5 Å². The third-order valence-electron chi connectivity index (χ3n) is 1.31. The van der Waals surface area contributed by atoms with Crippen LogP contribution >= 0.6 is 15.9 Å². The van der Waals surface area contributed by atoms with Gasteiger partial charge in [-0.2, -0.15) is 5.26 Å². The zero-order valence-electron chi connectivity index (χ0n) is 6.97. The Labute approximate surface area is 90.6 Å². The summed E-state index contributed by atoms with van der Waals surface area (Å²) in [7, 11) is 0. The summed E-state index contributed by atoms with van der Waals surface area (Å²) in [5, 5.41) is 8.56. The summed E-state index contributed by atoms with van der Waals surface area (Å²) < 4.78 is 38.9. The fourth-order valence-corrected chi connectivity index (χ4v) is 1.28. The monoisotopic (exact) mass is 281 g/mol. The lowest BCUT2D eigenvalue weighted by molar-refractivity contribution is -0.276. The molecule has 4 nitrogen and oxygen atoms in total. The van der Waals surface area contributed by atoms with Gasteiger partial charge in [-0.05, 0) is 15.9 Å². The fourth-order valence-electron chi connectivity index (χ4n) is 0.791. The number of rotatable bonds is 1. The van der Waals surface area contributed by atoms with Crippen molar-refractivity contribution < 1.29 is 17.9 Å². The summed E-state index contributed by atoms with van der Waals surface area (Å²) in [4.78, 5) is 3.36. The Morgan fingerprint density at radius 1 is 1.53 bits per heavy atom. The maximum atomic E-state index is 11.8. The lowest BCUT2D eigenvalue weighted by Crippen LogP contribution is -2.18. The van der Waals surface area contributed by atoms with Crippen LogP contribution < -0.4 is 10.5 Å². The first-order valence-corrected chi connectivity index (χ1v) is 4.24. The number of nitrogen functional groups attached to an aromatic ring is 1. The van der Waals surface area contributed by atoms with Gasteiger partial charge in [-0.25, -0.2) is 4.98 Å². The van der Waals surface area contributed by atoms with Crippen LogP contribution in [0.2, 0.25) is 0 Å². The molecule has 1 heterocycles. The van der Waals surface area contributed by atoms with Crippen LogP contribution in [0.25, 0.3) is 0 Å². The molecule has 1 rings (SSSR count). The van der Waals surface area contributed by atoms with Crippen molar-refractivity contribution in [3.8, 4) is 11.9 Å². The number of alkyl halides is 3. The molecule has 8 heteroatoms. The molecular weight excluding hydrogens is 279 g/mol. The Morgan fingerprint density at radius 2 is 2.13 bits per heavy atom. The van der Waals surface area contributed by atoms with Crippen LogP contribution in [-0.4, -0.2) is 11.3 Å². The topological polar surface area (TPSA) is 71.9 Å². The number of nitrogens with two attached hydrogens (primary N) is 1. The summed E-state index contributed by atoms with van der Waals surface area (Å²) in [5.74, 6) is -0.717. The Balaban J connectivity index is 3.11. The van der Waals surface area contributed by atoms with E-state index in [1.54, 1.807) is 6.07 Å². The van der Waals surface area contributed by atoms with Gasteiger partial charge in [-0.3, -0.25) is 0 Å². The molecular formula is C7H3BrF3N3O. The molecule has 0 unspecified atom stereocenters. The first-order chi connectivity index (χ1) is 6.83. The van der Waals surface area contributed by atoms with Crippen LogP contribution in [0.1, 0.15) is 5.56 Å². The molecule has 0 saturated heterocycles. The highest BCUT2D eigenvalue weighted by atomic mass is 79.9. The van der Waals surface area contributed by atoms with Gasteiger partial charge in [0.15, 0.2) is 0 Å². The van der Waals surface area contributed by atoms with Crippen molar-refractivity contribution in [1.29, 1.82) is 5.26 Å².